The molecular weight excluding hydrogens is 426 g/mol. The number of nitrogens with zero attached hydrogens (tertiary/aromatic N) is 2. The molecule has 3 rings (SSSR count). The van der Waals surface area contributed by atoms with Gasteiger partial charge in [0.2, 0.25) is 11.8 Å². The number of nitro groups is 1. The molecule has 2 amide bonds. The lowest BCUT2D eigenvalue weighted by atomic mass is 9.88. The van der Waals surface area contributed by atoms with Crippen molar-refractivity contribution >= 4 is 34.8 Å². The molecule has 0 aromatic heterocycles. The van der Waals surface area contributed by atoms with E-state index in [1.54, 1.807) is 32.9 Å². The summed E-state index contributed by atoms with van der Waals surface area (Å²) < 4.78 is 5.20. The second-order valence-electron chi connectivity index (χ2n) is 7.79. The number of nitrogens with one attached hydrogen (secondary N) is 1. The summed E-state index contributed by atoms with van der Waals surface area (Å²) in [6, 6.07) is 11.3. The van der Waals surface area contributed by atoms with Gasteiger partial charge in [-0.15, -0.1) is 0 Å². The fraction of sp³-hybridized carbons (Fsp3) is 0.292. The number of amides is 2. The summed E-state index contributed by atoms with van der Waals surface area (Å²) in [4.78, 5) is 50.9. The Bertz CT molecular complexity index is 1150. The molecule has 0 spiro atoms. The first-order valence-corrected chi connectivity index (χ1v) is 10.5. The molecule has 0 bridgehead atoms. The predicted molar refractivity (Wildman–Crippen MR) is 123 cm³/mol. The molecule has 1 aliphatic rings. The van der Waals surface area contributed by atoms with E-state index in [0.29, 0.717) is 22.6 Å². The fourth-order valence-corrected chi connectivity index (χ4v) is 3.80. The van der Waals surface area contributed by atoms with Gasteiger partial charge in [-0.25, -0.2) is 4.79 Å². The highest BCUT2D eigenvalue weighted by atomic mass is 16.6. The number of non-ortho nitro benzene ring substituents is 1. The predicted octanol–water partition coefficient (Wildman–Crippen LogP) is 4.04. The number of esters is 1. The molecule has 1 heterocycles. The first kappa shape index (κ1) is 23.6. The number of aryl methyl sites for hydroxylation is 2. The van der Waals surface area contributed by atoms with E-state index in [9.17, 15) is 24.5 Å². The van der Waals surface area contributed by atoms with Crippen LogP contribution in [0, 0.1) is 29.9 Å². The Hall–Kier alpha value is -4.01. The van der Waals surface area contributed by atoms with Crippen molar-refractivity contribution in [3.8, 4) is 0 Å². The molecular formula is C24H25N3O6. The summed E-state index contributed by atoms with van der Waals surface area (Å²) in [5.74, 6) is -2.62. The number of anilines is 2. The van der Waals surface area contributed by atoms with Crippen molar-refractivity contribution in [2.24, 2.45) is 5.92 Å². The molecule has 0 fully saturated rings. The zero-order valence-corrected chi connectivity index (χ0v) is 18.9. The molecule has 1 aliphatic heterocycles. The van der Waals surface area contributed by atoms with Crippen molar-refractivity contribution in [1.82, 2.24) is 0 Å². The smallest absolute Gasteiger partial charge is 0.336 e. The van der Waals surface area contributed by atoms with Gasteiger partial charge in [0.1, 0.15) is 0 Å². The van der Waals surface area contributed by atoms with Crippen molar-refractivity contribution in [2.45, 2.75) is 34.1 Å². The third-order valence-corrected chi connectivity index (χ3v) is 5.48. The van der Waals surface area contributed by atoms with Gasteiger partial charge in [0.25, 0.3) is 5.69 Å². The minimum absolute atomic E-state index is 0.102. The average molecular weight is 451 g/mol. The van der Waals surface area contributed by atoms with Crippen molar-refractivity contribution in [2.75, 3.05) is 16.8 Å². The molecule has 33 heavy (non-hydrogen) atoms. The third-order valence-electron chi connectivity index (χ3n) is 5.48. The molecule has 1 N–H and O–H groups in total. The Kier molecular flexibility index (Phi) is 6.91. The number of allylic oxidation sites excluding steroid dienone is 1. The maximum atomic E-state index is 13.2. The van der Waals surface area contributed by atoms with Crippen LogP contribution in [0.5, 0.6) is 0 Å². The quantitative estimate of drug-likeness (QED) is 0.402. The van der Waals surface area contributed by atoms with Gasteiger partial charge in [0.15, 0.2) is 0 Å². The summed E-state index contributed by atoms with van der Waals surface area (Å²) in [5.41, 5.74) is 2.79. The number of carbonyl (C=O) groups is 3. The number of nitro benzene ring substituents is 1. The lowest BCUT2D eigenvalue weighted by Gasteiger charge is -2.33. The summed E-state index contributed by atoms with van der Waals surface area (Å²) in [6.45, 7) is 6.94. The SMILES string of the molecule is CCOC(=O)C1=C(C)N(c2ccc(C)cc2)C(=O)C[C@@H]1C(=O)Nc1ccc([N+](=O)[O-])cc1C. The minimum Gasteiger partial charge on any atom is -0.463 e. The lowest BCUT2D eigenvalue weighted by molar-refractivity contribution is -0.384. The standard InChI is InChI=1S/C24H25N3O6/c1-5-33-24(30)22-16(4)26(17-8-6-14(2)7-9-17)21(28)13-19(22)23(29)25-20-11-10-18(27(31)32)12-15(20)3/h6-12,19H,5,13H2,1-4H3,(H,25,29)/t19-/m0/s1. The zero-order chi connectivity index (χ0) is 24.3. The maximum absolute atomic E-state index is 13.2. The van der Waals surface area contributed by atoms with Crippen LogP contribution in [0.3, 0.4) is 0 Å². The highest BCUT2D eigenvalue weighted by molar-refractivity contribution is 6.10. The average Bonchev–Trinajstić information content (AvgIpc) is 2.75. The van der Waals surface area contributed by atoms with Gasteiger partial charge in [-0.1, -0.05) is 17.7 Å². The van der Waals surface area contributed by atoms with E-state index in [2.05, 4.69) is 5.32 Å². The monoisotopic (exact) mass is 451 g/mol. The lowest BCUT2D eigenvalue weighted by Crippen LogP contribution is -2.43. The van der Waals surface area contributed by atoms with Crippen LogP contribution in [0.15, 0.2) is 53.7 Å². The Morgan fingerprint density at radius 1 is 1.15 bits per heavy atom. The molecule has 9 nitrogen and oxygen atoms in total. The molecule has 2 aromatic carbocycles. The van der Waals surface area contributed by atoms with Crippen LogP contribution in [0.25, 0.3) is 0 Å². The maximum Gasteiger partial charge on any atom is 0.336 e. The van der Waals surface area contributed by atoms with E-state index < -0.39 is 22.7 Å². The number of carbonyl (C=O) groups excluding carboxylic acids is 3. The molecule has 0 radical (unpaired) electrons. The van der Waals surface area contributed by atoms with Gasteiger partial charge in [0, 0.05) is 35.6 Å². The van der Waals surface area contributed by atoms with Crippen LogP contribution in [0.1, 0.15) is 31.4 Å². The van der Waals surface area contributed by atoms with Gasteiger partial charge < -0.3 is 10.1 Å². The van der Waals surface area contributed by atoms with Crippen molar-refractivity contribution < 1.29 is 24.0 Å². The molecule has 0 saturated carbocycles. The van der Waals surface area contributed by atoms with Gasteiger partial charge in [-0.05, 0) is 51.5 Å². The van der Waals surface area contributed by atoms with E-state index in [0.717, 1.165) is 5.56 Å². The van der Waals surface area contributed by atoms with Crippen molar-refractivity contribution in [3.05, 3.63) is 75.0 Å². The largest absolute Gasteiger partial charge is 0.463 e. The van der Waals surface area contributed by atoms with Gasteiger partial charge in [0.05, 0.1) is 23.0 Å². The molecule has 172 valence electrons. The zero-order valence-electron chi connectivity index (χ0n) is 18.9. The van der Waals surface area contributed by atoms with Crippen LogP contribution < -0.4 is 10.2 Å². The second-order valence-corrected chi connectivity index (χ2v) is 7.79. The van der Waals surface area contributed by atoms with Crippen molar-refractivity contribution in [1.29, 1.82) is 0 Å². The number of hydrogen-bond donors (Lipinski definition) is 1. The molecule has 1 atom stereocenters. The Morgan fingerprint density at radius 2 is 1.82 bits per heavy atom. The van der Waals surface area contributed by atoms with E-state index in [4.69, 9.17) is 4.74 Å². The van der Waals surface area contributed by atoms with E-state index in [1.807, 2.05) is 19.1 Å². The molecule has 9 heteroatoms. The van der Waals surface area contributed by atoms with Crippen LogP contribution in [0.2, 0.25) is 0 Å². The summed E-state index contributed by atoms with van der Waals surface area (Å²) in [6.07, 6.45) is -0.225. The first-order chi connectivity index (χ1) is 15.6. The van der Waals surface area contributed by atoms with Crippen LogP contribution >= 0.6 is 0 Å². The Balaban J connectivity index is 1.99. The van der Waals surface area contributed by atoms with Crippen LogP contribution in [-0.4, -0.2) is 29.3 Å². The molecule has 0 aliphatic carbocycles. The van der Waals surface area contributed by atoms with Gasteiger partial charge in [-0.2, -0.15) is 0 Å². The number of ether oxygens (including phenoxy) is 1. The highest BCUT2D eigenvalue weighted by Crippen LogP contribution is 2.34. The number of benzene rings is 2. The number of rotatable bonds is 6. The number of hydrogen-bond acceptors (Lipinski definition) is 6. The molecule has 2 aromatic rings. The van der Waals surface area contributed by atoms with Gasteiger partial charge in [-0.3, -0.25) is 24.6 Å². The van der Waals surface area contributed by atoms with E-state index in [-0.39, 0.29) is 30.2 Å². The first-order valence-electron chi connectivity index (χ1n) is 10.5. The van der Waals surface area contributed by atoms with E-state index in [1.165, 1.54) is 23.1 Å². The van der Waals surface area contributed by atoms with Crippen LogP contribution in [-0.2, 0) is 19.1 Å². The fourth-order valence-electron chi connectivity index (χ4n) is 3.80. The van der Waals surface area contributed by atoms with Crippen molar-refractivity contribution in [3.63, 3.8) is 0 Å². The highest BCUT2D eigenvalue weighted by Gasteiger charge is 2.40. The summed E-state index contributed by atoms with van der Waals surface area (Å²) >= 11 is 0. The van der Waals surface area contributed by atoms with Gasteiger partial charge >= 0.3 is 5.97 Å². The summed E-state index contributed by atoms with van der Waals surface area (Å²) in [7, 11) is 0. The normalized spacial score (nSPS) is 15.9. The third kappa shape index (κ3) is 4.92. The Morgan fingerprint density at radius 3 is 2.39 bits per heavy atom. The topological polar surface area (TPSA) is 119 Å². The van der Waals surface area contributed by atoms with E-state index >= 15 is 0 Å². The Labute approximate surface area is 191 Å². The molecule has 0 saturated heterocycles. The minimum atomic E-state index is -1.06. The summed E-state index contributed by atoms with van der Waals surface area (Å²) in [5, 5.41) is 13.7. The molecule has 0 unspecified atom stereocenters. The van der Waals surface area contributed by atoms with Crippen LogP contribution in [0.4, 0.5) is 17.1 Å². The second kappa shape index (κ2) is 9.64.